The Morgan fingerprint density at radius 3 is 2.64 bits per heavy atom. The van der Waals surface area contributed by atoms with Crippen LogP contribution >= 0.6 is 23.2 Å². The van der Waals surface area contributed by atoms with Gasteiger partial charge < -0.3 is 4.74 Å². The van der Waals surface area contributed by atoms with Gasteiger partial charge >= 0.3 is 5.97 Å². The summed E-state index contributed by atoms with van der Waals surface area (Å²) in [6.45, 7) is 2.15. The maximum atomic E-state index is 11.4. The van der Waals surface area contributed by atoms with Crippen molar-refractivity contribution in [1.82, 2.24) is 0 Å². The Balaban J connectivity index is 2.21. The molecule has 0 N–H and O–H groups in total. The quantitative estimate of drug-likeness (QED) is 0.557. The summed E-state index contributed by atoms with van der Waals surface area (Å²) < 4.78 is 4.89. The lowest BCUT2D eigenvalue weighted by Crippen LogP contribution is -1.99. The highest BCUT2D eigenvalue weighted by molar-refractivity contribution is 6.42. The average Bonchev–Trinajstić information content (AvgIpc) is 2.50. The molecule has 0 atom stereocenters. The van der Waals surface area contributed by atoms with Crippen molar-refractivity contribution >= 4 is 35.2 Å². The molecule has 0 bridgehead atoms. The third-order valence-corrected chi connectivity index (χ3v) is 3.86. The minimum absolute atomic E-state index is 0.341. The summed E-state index contributed by atoms with van der Waals surface area (Å²) in [7, 11) is 0. The van der Waals surface area contributed by atoms with Crippen LogP contribution in [0.5, 0.6) is 0 Å². The van der Waals surface area contributed by atoms with E-state index >= 15 is 0 Å². The molecule has 22 heavy (non-hydrogen) atoms. The van der Waals surface area contributed by atoms with Crippen LogP contribution in [0.3, 0.4) is 0 Å². The summed E-state index contributed by atoms with van der Waals surface area (Å²) in [6.07, 6.45) is 3.92. The zero-order valence-corrected chi connectivity index (χ0v) is 13.7. The Labute approximate surface area is 140 Å². The molecule has 0 spiro atoms. The van der Waals surface area contributed by atoms with Crippen molar-refractivity contribution in [2.24, 2.45) is 0 Å². The lowest BCUT2D eigenvalue weighted by atomic mass is 9.99. The van der Waals surface area contributed by atoms with Crippen LogP contribution in [0, 0.1) is 0 Å². The number of rotatable bonds is 5. The topological polar surface area (TPSA) is 26.3 Å². The first-order valence-corrected chi connectivity index (χ1v) is 7.72. The van der Waals surface area contributed by atoms with Gasteiger partial charge in [-0.25, -0.2) is 4.79 Å². The van der Waals surface area contributed by atoms with Gasteiger partial charge in [-0.3, -0.25) is 0 Å². The number of ether oxygens (including phenoxy) is 1. The molecule has 2 rings (SSSR count). The summed E-state index contributed by atoms with van der Waals surface area (Å²) in [5.41, 5.74) is 3.13. The van der Waals surface area contributed by atoms with Gasteiger partial charge in [-0.05, 0) is 48.2 Å². The van der Waals surface area contributed by atoms with Crippen LogP contribution in [0.25, 0.3) is 6.08 Å². The van der Waals surface area contributed by atoms with E-state index in [-0.39, 0.29) is 5.97 Å². The highest BCUT2D eigenvalue weighted by atomic mass is 35.5. The molecule has 0 aliphatic heterocycles. The zero-order valence-electron chi connectivity index (χ0n) is 12.2. The SMILES string of the molecule is CCOC(=O)/C=C/c1ccccc1Cc1ccc(Cl)c(Cl)c1. The molecule has 0 amide bonds. The van der Waals surface area contributed by atoms with Crippen molar-refractivity contribution in [2.45, 2.75) is 13.3 Å². The van der Waals surface area contributed by atoms with Crippen LogP contribution < -0.4 is 0 Å². The fourth-order valence-corrected chi connectivity index (χ4v) is 2.40. The van der Waals surface area contributed by atoms with Crippen molar-refractivity contribution < 1.29 is 9.53 Å². The molecule has 4 heteroatoms. The van der Waals surface area contributed by atoms with Gasteiger partial charge in [0.1, 0.15) is 0 Å². The molecule has 2 nitrogen and oxygen atoms in total. The maximum absolute atomic E-state index is 11.4. The average molecular weight is 335 g/mol. The number of hydrogen-bond acceptors (Lipinski definition) is 2. The molecule has 0 aromatic heterocycles. The van der Waals surface area contributed by atoms with Gasteiger partial charge in [0, 0.05) is 6.08 Å². The Hall–Kier alpha value is -1.77. The van der Waals surface area contributed by atoms with E-state index in [1.165, 1.54) is 6.08 Å². The van der Waals surface area contributed by atoms with Gasteiger partial charge in [-0.1, -0.05) is 53.5 Å². The van der Waals surface area contributed by atoms with Crippen molar-refractivity contribution in [3.63, 3.8) is 0 Å². The van der Waals surface area contributed by atoms with Crippen LogP contribution in [0.15, 0.2) is 48.5 Å². The lowest BCUT2D eigenvalue weighted by Gasteiger charge is -2.07. The normalized spacial score (nSPS) is 10.9. The van der Waals surface area contributed by atoms with E-state index in [0.717, 1.165) is 16.7 Å². The largest absolute Gasteiger partial charge is 0.463 e. The van der Waals surface area contributed by atoms with E-state index in [1.807, 2.05) is 36.4 Å². The first-order valence-electron chi connectivity index (χ1n) is 6.97. The highest BCUT2D eigenvalue weighted by Gasteiger charge is 2.04. The number of carbonyl (C=O) groups is 1. The molecule has 0 heterocycles. The number of carbonyl (C=O) groups excluding carboxylic acids is 1. The molecule has 0 unspecified atom stereocenters. The molecule has 0 aliphatic rings. The number of esters is 1. The van der Waals surface area contributed by atoms with Crippen LogP contribution in [0.2, 0.25) is 10.0 Å². The second kappa shape index (κ2) is 8.02. The van der Waals surface area contributed by atoms with E-state index in [4.69, 9.17) is 27.9 Å². The minimum atomic E-state index is -0.341. The summed E-state index contributed by atoms with van der Waals surface area (Å²) in [6, 6.07) is 13.5. The lowest BCUT2D eigenvalue weighted by molar-refractivity contribution is -0.137. The third-order valence-electron chi connectivity index (χ3n) is 3.12. The van der Waals surface area contributed by atoms with Gasteiger partial charge in [0.05, 0.1) is 16.7 Å². The third kappa shape index (κ3) is 4.62. The summed E-state index contributed by atoms with van der Waals surface area (Å²) in [5, 5.41) is 1.08. The van der Waals surface area contributed by atoms with E-state index in [0.29, 0.717) is 23.1 Å². The van der Waals surface area contributed by atoms with Crippen molar-refractivity contribution in [3.8, 4) is 0 Å². The van der Waals surface area contributed by atoms with E-state index in [9.17, 15) is 4.79 Å². The van der Waals surface area contributed by atoms with Crippen molar-refractivity contribution in [2.75, 3.05) is 6.61 Å². The molecular formula is C18H16Cl2O2. The molecule has 0 saturated heterocycles. The van der Waals surface area contributed by atoms with Crippen LogP contribution in [-0.4, -0.2) is 12.6 Å². The summed E-state index contributed by atoms with van der Waals surface area (Å²) in [4.78, 5) is 11.4. The molecule has 0 aliphatic carbocycles. The number of benzene rings is 2. The second-order valence-corrected chi connectivity index (χ2v) is 5.52. The summed E-state index contributed by atoms with van der Waals surface area (Å²) in [5.74, 6) is -0.341. The molecule has 0 radical (unpaired) electrons. The Morgan fingerprint density at radius 2 is 1.91 bits per heavy atom. The van der Waals surface area contributed by atoms with Gasteiger partial charge in [0.25, 0.3) is 0 Å². The molecule has 2 aromatic rings. The monoisotopic (exact) mass is 334 g/mol. The number of halogens is 2. The molecule has 2 aromatic carbocycles. The van der Waals surface area contributed by atoms with Crippen LogP contribution in [0.1, 0.15) is 23.6 Å². The van der Waals surface area contributed by atoms with Gasteiger partial charge in [-0.2, -0.15) is 0 Å². The van der Waals surface area contributed by atoms with Crippen LogP contribution in [-0.2, 0) is 16.0 Å². The predicted octanol–water partition coefficient (Wildman–Crippen LogP) is 5.16. The van der Waals surface area contributed by atoms with Crippen LogP contribution in [0.4, 0.5) is 0 Å². The predicted molar refractivity (Wildman–Crippen MR) is 91.4 cm³/mol. The van der Waals surface area contributed by atoms with E-state index < -0.39 is 0 Å². The molecule has 0 fully saturated rings. The van der Waals surface area contributed by atoms with Crippen molar-refractivity contribution in [3.05, 3.63) is 75.3 Å². The zero-order chi connectivity index (χ0) is 15.9. The highest BCUT2D eigenvalue weighted by Crippen LogP contribution is 2.24. The Bertz CT molecular complexity index is 693. The van der Waals surface area contributed by atoms with E-state index in [2.05, 4.69) is 0 Å². The van der Waals surface area contributed by atoms with Crippen molar-refractivity contribution in [1.29, 1.82) is 0 Å². The molecule has 114 valence electrons. The van der Waals surface area contributed by atoms with E-state index in [1.54, 1.807) is 19.1 Å². The standard InChI is InChI=1S/C18H16Cl2O2/c1-2-22-18(21)10-8-14-5-3-4-6-15(14)11-13-7-9-16(19)17(20)12-13/h3-10,12H,2,11H2,1H3/b10-8+. The smallest absolute Gasteiger partial charge is 0.330 e. The van der Waals surface area contributed by atoms with Gasteiger partial charge in [-0.15, -0.1) is 0 Å². The van der Waals surface area contributed by atoms with Gasteiger partial charge in [0.2, 0.25) is 0 Å². The maximum Gasteiger partial charge on any atom is 0.330 e. The molecule has 0 saturated carbocycles. The Morgan fingerprint density at radius 1 is 1.14 bits per heavy atom. The minimum Gasteiger partial charge on any atom is -0.463 e. The first-order chi connectivity index (χ1) is 10.6. The second-order valence-electron chi connectivity index (χ2n) is 4.71. The first kappa shape index (κ1) is 16.6. The summed E-state index contributed by atoms with van der Waals surface area (Å²) >= 11 is 12.0. The Kier molecular flexibility index (Phi) is 6.05. The van der Waals surface area contributed by atoms with Gasteiger partial charge in [0.15, 0.2) is 0 Å². The molecular weight excluding hydrogens is 319 g/mol. The fraction of sp³-hybridized carbons (Fsp3) is 0.167. The fourth-order valence-electron chi connectivity index (χ4n) is 2.08. The number of hydrogen-bond donors (Lipinski definition) is 0.